The first kappa shape index (κ1) is 16.2. The van der Waals surface area contributed by atoms with E-state index < -0.39 is 5.97 Å². The van der Waals surface area contributed by atoms with Crippen molar-refractivity contribution in [2.24, 2.45) is 0 Å². The van der Waals surface area contributed by atoms with Crippen LogP contribution in [0.1, 0.15) is 10.6 Å². The summed E-state index contributed by atoms with van der Waals surface area (Å²) >= 11 is 6.23. The van der Waals surface area contributed by atoms with Crippen LogP contribution >= 0.6 is 39.0 Å². The Morgan fingerprint density at radius 1 is 1.26 bits per heavy atom. The van der Waals surface area contributed by atoms with Gasteiger partial charge in [-0.2, -0.15) is 0 Å². The molecule has 0 fully saturated rings. The maximum atomic E-state index is 10.8. The van der Waals surface area contributed by atoms with Crippen molar-refractivity contribution in [3.8, 4) is 0 Å². The number of carbonyl (C=O) groups is 1. The average molecular weight is 405 g/mol. The van der Waals surface area contributed by atoms with Gasteiger partial charge in [-0.25, -0.2) is 4.98 Å². The quantitative estimate of drug-likeness (QED) is 0.643. The predicted octanol–water partition coefficient (Wildman–Crippen LogP) is 4.04. The highest BCUT2D eigenvalue weighted by Crippen LogP contribution is 2.35. The maximum absolute atomic E-state index is 10.8. The van der Waals surface area contributed by atoms with Gasteiger partial charge >= 0.3 is 0 Å². The number of nitrogens with zero attached hydrogens (tertiary/aromatic N) is 1. The van der Waals surface area contributed by atoms with Crippen LogP contribution in [0.25, 0.3) is 21.2 Å². The highest BCUT2D eigenvalue weighted by Gasteiger charge is 2.10. The molecule has 0 aliphatic carbocycles. The maximum Gasteiger partial charge on any atom is 0.131 e. The number of carboxylic acid groups (broad SMARTS) is 1. The summed E-state index contributed by atoms with van der Waals surface area (Å²) in [6.45, 7) is 0. The van der Waals surface area contributed by atoms with Crippen molar-refractivity contribution < 1.29 is 9.90 Å². The van der Waals surface area contributed by atoms with Crippen molar-refractivity contribution in [2.75, 3.05) is 5.75 Å². The first-order valence-electron chi connectivity index (χ1n) is 6.78. The number of carbonyl (C=O) groups excluding carboxylic acids is 1. The van der Waals surface area contributed by atoms with E-state index >= 15 is 0 Å². The van der Waals surface area contributed by atoms with Crippen LogP contribution in [0.5, 0.6) is 0 Å². The molecule has 1 heterocycles. The van der Waals surface area contributed by atoms with Gasteiger partial charge in [0, 0.05) is 15.1 Å². The summed E-state index contributed by atoms with van der Waals surface area (Å²) in [7, 11) is 0. The molecule has 0 bridgehead atoms. The van der Waals surface area contributed by atoms with E-state index in [1.165, 1.54) is 11.8 Å². The second-order valence-electron chi connectivity index (χ2n) is 4.71. The number of aromatic nitrogens is 1. The molecule has 3 rings (SSSR count). The van der Waals surface area contributed by atoms with Crippen LogP contribution in [0.2, 0.25) is 0 Å². The molecule has 3 nitrogen and oxygen atoms in total. The second kappa shape index (κ2) is 7.29. The highest BCUT2D eigenvalue weighted by molar-refractivity contribution is 9.10. The number of hydrogen-bond acceptors (Lipinski definition) is 5. The van der Waals surface area contributed by atoms with Crippen LogP contribution in [0.15, 0.2) is 53.0 Å². The zero-order valence-electron chi connectivity index (χ0n) is 11.9. The van der Waals surface area contributed by atoms with Crippen LogP contribution in [-0.4, -0.2) is 16.7 Å². The number of thiazole rings is 1. The summed E-state index contributed by atoms with van der Waals surface area (Å²) < 4.78 is 2.05. The summed E-state index contributed by atoms with van der Waals surface area (Å²) in [5, 5.41) is 11.6. The van der Waals surface area contributed by atoms with Gasteiger partial charge in [0.2, 0.25) is 0 Å². The molecule has 0 saturated heterocycles. The van der Waals surface area contributed by atoms with Gasteiger partial charge in [-0.15, -0.1) is 23.1 Å². The van der Waals surface area contributed by atoms with Crippen molar-refractivity contribution in [2.45, 2.75) is 0 Å². The minimum Gasteiger partial charge on any atom is -0.549 e. The highest BCUT2D eigenvalue weighted by atomic mass is 79.9. The smallest absolute Gasteiger partial charge is 0.131 e. The number of hydrogen-bond donors (Lipinski definition) is 0. The zero-order valence-corrected chi connectivity index (χ0v) is 15.1. The molecule has 0 aliphatic heterocycles. The molecule has 0 unspecified atom stereocenters. The summed E-state index contributed by atoms with van der Waals surface area (Å²) in [5.74, 6) is -1.19. The Morgan fingerprint density at radius 3 is 2.83 bits per heavy atom. The number of carboxylic acids is 1. The van der Waals surface area contributed by atoms with E-state index in [0.29, 0.717) is 0 Å². The second-order valence-corrected chi connectivity index (χ2v) is 7.67. The molecule has 0 aliphatic rings. The lowest BCUT2D eigenvalue weighted by molar-refractivity contribution is -0.301. The Balaban J connectivity index is 2.02. The summed E-state index contributed by atoms with van der Waals surface area (Å²) in [6.07, 6.45) is 1.95. The van der Waals surface area contributed by atoms with Crippen molar-refractivity contribution in [1.29, 1.82) is 0 Å². The molecular formula is C17H11BrNO2S2-. The molecule has 0 atom stereocenters. The molecule has 116 valence electrons. The average Bonchev–Trinajstić information content (AvgIpc) is 2.95. The largest absolute Gasteiger partial charge is 0.549 e. The summed E-state index contributed by atoms with van der Waals surface area (Å²) in [5.41, 5.74) is 1.90. The molecule has 2 aromatic carbocycles. The van der Waals surface area contributed by atoms with E-state index in [4.69, 9.17) is 0 Å². The molecule has 0 radical (unpaired) electrons. The molecular weight excluding hydrogens is 394 g/mol. The Morgan fingerprint density at radius 2 is 2.09 bits per heavy atom. The Hall–Kier alpha value is -1.63. The Bertz CT molecular complexity index is 856. The van der Waals surface area contributed by atoms with Crippen LogP contribution in [0, 0.1) is 0 Å². The van der Waals surface area contributed by atoms with Crippen LogP contribution in [0.4, 0.5) is 0 Å². The fourth-order valence-corrected chi connectivity index (χ4v) is 4.28. The lowest BCUT2D eigenvalue weighted by Gasteiger charge is -2.05. The van der Waals surface area contributed by atoms with Gasteiger partial charge in [-0.3, -0.25) is 0 Å². The number of fused-ring (bicyclic) bond motifs is 1. The third-order valence-corrected chi connectivity index (χ3v) is 5.69. The molecule has 3 aromatic rings. The molecule has 0 saturated carbocycles. The monoisotopic (exact) mass is 404 g/mol. The third kappa shape index (κ3) is 4.22. The molecule has 23 heavy (non-hydrogen) atoms. The normalized spacial score (nSPS) is 11.8. The van der Waals surface area contributed by atoms with Crippen molar-refractivity contribution >= 4 is 66.2 Å². The lowest BCUT2D eigenvalue weighted by atomic mass is 10.2. The lowest BCUT2D eigenvalue weighted by Crippen LogP contribution is -2.24. The van der Waals surface area contributed by atoms with E-state index in [-0.39, 0.29) is 5.75 Å². The van der Waals surface area contributed by atoms with Crippen LogP contribution in [0.3, 0.4) is 0 Å². The summed E-state index contributed by atoms with van der Waals surface area (Å²) in [6, 6.07) is 15.7. The number of aliphatic carboxylic acids is 1. The topological polar surface area (TPSA) is 53.0 Å². The number of para-hydroxylation sites is 1. The minimum atomic E-state index is -1.09. The van der Waals surface area contributed by atoms with E-state index in [0.717, 1.165) is 30.2 Å². The van der Waals surface area contributed by atoms with Crippen LogP contribution < -0.4 is 5.11 Å². The third-order valence-electron chi connectivity index (χ3n) is 3.00. The van der Waals surface area contributed by atoms with Gasteiger partial charge in [0.05, 0.1) is 16.2 Å². The Kier molecular flexibility index (Phi) is 5.15. The first-order chi connectivity index (χ1) is 11.1. The van der Waals surface area contributed by atoms with Crippen molar-refractivity contribution in [3.05, 3.63) is 63.6 Å². The predicted molar refractivity (Wildman–Crippen MR) is 99.1 cm³/mol. The van der Waals surface area contributed by atoms with E-state index in [1.807, 2.05) is 54.6 Å². The first-order valence-corrected chi connectivity index (χ1v) is 9.37. The van der Waals surface area contributed by atoms with Crippen molar-refractivity contribution in [1.82, 2.24) is 4.98 Å². The number of halogens is 1. The fraction of sp³-hybridized carbons (Fsp3) is 0.0588. The molecule has 6 heteroatoms. The van der Waals surface area contributed by atoms with Gasteiger partial charge in [0.15, 0.2) is 0 Å². The zero-order chi connectivity index (χ0) is 16.2. The number of thioether (sulfide) groups is 1. The standard InChI is InChI=1S/C17H12BrNO2S2/c18-12-5-3-4-11(8-12)9-15(22-10-16(20)21)17-19-13-6-1-2-7-14(13)23-17/h1-9H,10H2,(H,20,21)/p-1/b15-9-. The van der Waals surface area contributed by atoms with Gasteiger partial charge in [0.1, 0.15) is 5.01 Å². The summed E-state index contributed by atoms with van der Waals surface area (Å²) in [4.78, 5) is 16.3. The van der Waals surface area contributed by atoms with E-state index in [1.54, 1.807) is 11.3 Å². The van der Waals surface area contributed by atoms with Gasteiger partial charge in [-0.1, -0.05) is 40.2 Å². The van der Waals surface area contributed by atoms with E-state index in [9.17, 15) is 9.90 Å². The molecule has 0 spiro atoms. The Labute approximate surface area is 150 Å². The molecule has 0 N–H and O–H groups in total. The van der Waals surface area contributed by atoms with Crippen molar-refractivity contribution in [3.63, 3.8) is 0 Å². The van der Waals surface area contributed by atoms with Gasteiger partial charge in [0.25, 0.3) is 0 Å². The molecule has 0 amide bonds. The molecule has 1 aromatic heterocycles. The fourth-order valence-electron chi connectivity index (χ4n) is 2.03. The number of benzene rings is 2. The van der Waals surface area contributed by atoms with Gasteiger partial charge < -0.3 is 9.90 Å². The van der Waals surface area contributed by atoms with Crippen LogP contribution in [-0.2, 0) is 4.79 Å². The van der Waals surface area contributed by atoms with E-state index in [2.05, 4.69) is 20.9 Å². The minimum absolute atomic E-state index is 0.101. The number of rotatable bonds is 5. The van der Waals surface area contributed by atoms with Gasteiger partial charge in [-0.05, 0) is 35.9 Å². The SMILES string of the molecule is O=C([O-])CS/C(=C\c1cccc(Br)c1)c1nc2ccccc2s1.